The lowest BCUT2D eigenvalue weighted by Crippen LogP contribution is -2.08. The average molecular weight is 271 g/mol. The number of hydrogen-bond donors (Lipinski definition) is 1. The van der Waals surface area contributed by atoms with Crippen molar-refractivity contribution in [2.75, 3.05) is 13.7 Å². The molecule has 0 spiro atoms. The standard InChI is InChI=1S/C12H15BrO2/c1-15-12-5-4-9(13)6-10(12)11(7-14)8-2-3-8/h4-6,8,11,14H,2-3,7H2,1H3. The summed E-state index contributed by atoms with van der Waals surface area (Å²) >= 11 is 3.46. The third-order valence-corrected chi connectivity index (χ3v) is 3.47. The second-order valence-corrected chi connectivity index (χ2v) is 4.93. The van der Waals surface area contributed by atoms with Crippen LogP contribution in [0.2, 0.25) is 0 Å². The summed E-state index contributed by atoms with van der Waals surface area (Å²) in [6.07, 6.45) is 2.45. The van der Waals surface area contributed by atoms with E-state index in [4.69, 9.17) is 4.74 Å². The van der Waals surface area contributed by atoms with Crippen LogP contribution in [-0.2, 0) is 0 Å². The second kappa shape index (κ2) is 4.54. The first-order chi connectivity index (χ1) is 7.26. The van der Waals surface area contributed by atoms with Crippen molar-refractivity contribution >= 4 is 15.9 Å². The summed E-state index contributed by atoms with van der Waals surface area (Å²) in [5.74, 6) is 1.75. The molecule has 0 bridgehead atoms. The molecule has 1 fully saturated rings. The lowest BCUT2D eigenvalue weighted by molar-refractivity contribution is 0.249. The Bertz CT molecular complexity index is 347. The summed E-state index contributed by atoms with van der Waals surface area (Å²) in [7, 11) is 1.67. The first kappa shape index (κ1) is 11.0. The molecule has 1 aliphatic rings. The highest BCUT2D eigenvalue weighted by Gasteiger charge is 2.33. The predicted molar refractivity (Wildman–Crippen MR) is 63.2 cm³/mol. The first-order valence-electron chi connectivity index (χ1n) is 5.20. The van der Waals surface area contributed by atoms with Gasteiger partial charge in [0.2, 0.25) is 0 Å². The molecule has 1 atom stereocenters. The molecule has 1 N–H and O–H groups in total. The van der Waals surface area contributed by atoms with E-state index < -0.39 is 0 Å². The van der Waals surface area contributed by atoms with Crippen molar-refractivity contribution in [3.05, 3.63) is 28.2 Å². The minimum atomic E-state index is 0.206. The van der Waals surface area contributed by atoms with E-state index in [9.17, 15) is 5.11 Å². The zero-order valence-electron chi connectivity index (χ0n) is 8.74. The zero-order chi connectivity index (χ0) is 10.8. The number of halogens is 1. The van der Waals surface area contributed by atoms with E-state index in [0.717, 1.165) is 15.8 Å². The number of aliphatic hydroxyl groups is 1. The van der Waals surface area contributed by atoms with Crippen LogP contribution in [0, 0.1) is 5.92 Å². The third-order valence-electron chi connectivity index (χ3n) is 2.98. The van der Waals surface area contributed by atoms with Crippen molar-refractivity contribution in [3.63, 3.8) is 0 Å². The van der Waals surface area contributed by atoms with Crippen molar-refractivity contribution < 1.29 is 9.84 Å². The molecule has 3 heteroatoms. The molecule has 0 radical (unpaired) electrons. The van der Waals surface area contributed by atoms with Gasteiger partial charge in [0, 0.05) is 16.0 Å². The monoisotopic (exact) mass is 270 g/mol. The fourth-order valence-electron chi connectivity index (χ4n) is 1.99. The molecule has 0 aromatic heterocycles. The number of ether oxygens (including phenoxy) is 1. The van der Waals surface area contributed by atoms with Gasteiger partial charge in [0.1, 0.15) is 5.75 Å². The molecule has 1 saturated carbocycles. The van der Waals surface area contributed by atoms with Crippen LogP contribution in [0.25, 0.3) is 0 Å². The molecule has 15 heavy (non-hydrogen) atoms. The molecule has 82 valence electrons. The van der Waals surface area contributed by atoms with Crippen molar-refractivity contribution in [2.45, 2.75) is 18.8 Å². The Kier molecular flexibility index (Phi) is 3.32. The lowest BCUT2D eigenvalue weighted by Gasteiger charge is -2.17. The summed E-state index contributed by atoms with van der Waals surface area (Å²) in [6.45, 7) is 0.206. The van der Waals surface area contributed by atoms with Crippen molar-refractivity contribution in [1.82, 2.24) is 0 Å². The van der Waals surface area contributed by atoms with Gasteiger partial charge in [0.15, 0.2) is 0 Å². The number of hydrogen-bond acceptors (Lipinski definition) is 2. The summed E-state index contributed by atoms with van der Waals surface area (Å²) in [5, 5.41) is 9.43. The molecule has 2 rings (SSSR count). The summed E-state index contributed by atoms with van der Waals surface area (Å²) in [6, 6.07) is 5.96. The summed E-state index contributed by atoms with van der Waals surface area (Å²) in [5.41, 5.74) is 1.12. The highest BCUT2D eigenvalue weighted by atomic mass is 79.9. The molecular weight excluding hydrogens is 256 g/mol. The maximum Gasteiger partial charge on any atom is 0.122 e. The van der Waals surface area contributed by atoms with Crippen molar-refractivity contribution in [1.29, 1.82) is 0 Å². The topological polar surface area (TPSA) is 29.5 Å². The number of rotatable bonds is 4. The molecule has 0 amide bonds. The third kappa shape index (κ3) is 2.34. The Labute approximate surface area is 98.4 Å². The zero-order valence-corrected chi connectivity index (χ0v) is 10.3. The maximum absolute atomic E-state index is 9.43. The van der Waals surface area contributed by atoms with Crippen LogP contribution in [0.5, 0.6) is 5.75 Å². The Morgan fingerprint density at radius 2 is 2.27 bits per heavy atom. The van der Waals surface area contributed by atoms with Gasteiger partial charge in [-0.2, -0.15) is 0 Å². The largest absolute Gasteiger partial charge is 0.496 e. The maximum atomic E-state index is 9.43. The molecule has 0 aliphatic heterocycles. The normalized spacial score (nSPS) is 17.5. The van der Waals surface area contributed by atoms with Gasteiger partial charge in [-0.1, -0.05) is 15.9 Å². The second-order valence-electron chi connectivity index (χ2n) is 4.01. The number of methoxy groups -OCH3 is 1. The molecule has 0 heterocycles. The smallest absolute Gasteiger partial charge is 0.122 e. The van der Waals surface area contributed by atoms with Crippen molar-refractivity contribution in [2.24, 2.45) is 5.92 Å². The molecule has 1 unspecified atom stereocenters. The number of aliphatic hydroxyl groups excluding tert-OH is 1. The van der Waals surface area contributed by atoms with Gasteiger partial charge in [-0.3, -0.25) is 0 Å². The number of benzene rings is 1. The Morgan fingerprint density at radius 3 is 2.80 bits per heavy atom. The van der Waals surface area contributed by atoms with Gasteiger partial charge in [-0.05, 0) is 37.0 Å². The first-order valence-corrected chi connectivity index (χ1v) is 6.00. The van der Waals surface area contributed by atoms with Gasteiger partial charge in [-0.25, -0.2) is 0 Å². The van der Waals surface area contributed by atoms with E-state index >= 15 is 0 Å². The van der Waals surface area contributed by atoms with Crippen LogP contribution < -0.4 is 4.74 Å². The van der Waals surface area contributed by atoms with Crippen LogP contribution in [-0.4, -0.2) is 18.8 Å². The average Bonchev–Trinajstić information content (AvgIpc) is 3.04. The van der Waals surface area contributed by atoms with Gasteiger partial charge in [0.25, 0.3) is 0 Å². The highest BCUT2D eigenvalue weighted by molar-refractivity contribution is 9.10. The molecule has 2 nitrogen and oxygen atoms in total. The molecule has 1 aromatic carbocycles. The van der Waals surface area contributed by atoms with Gasteiger partial charge in [0.05, 0.1) is 13.7 Å². The molecule has 1 aromatic rings. The Balaban J connectivity index is 2.34. The van der Waals surface area contributed by atoms with E-state index in [1.807, 2.05) is 12.1 Å². The summed E-state index contributed by atoms with van der Waals surface area (Å²) in [4.78, 5) is 0. The molecule has 1 aliphatic carbocycles. The highest BCUT2D eigenvalue weighted by Crippen LogP contribution is 2.45. The van der Waals surface area contributed by atoms with Gasteiger partial charge >= 0.3 is 0 Å². The Hall–Kier alpha value is -0.540. The van der Waals surface area contributed by atoms with Crippen LogP contribution >= 0.6 is 15.9 Å². The molecule has 0 saturated heterocycles. The van der Waals surface area contributed by atoms with Gasteiger partial charge < -0.3 is 9.84 Å². The van der Waals surface area contributed by atoms with Gasteiger partial charge in [-0.15, -0.1) is 0 Å². The predicted octanol–water partition coefficient (Wildman–Crippen LogP) is 2.94. The quantitative estimate of drug-likeness (QED) is 0.912. The van der Waals surface area contributed by atoms with Crippen LogP contribution in [0.3, 0.4) is 0 Å². The van der Waals surface area contributed by atoms with Crippen LogP contribution in [0.4, 0.5) is 0 Å². The summed E-state index contributed by atoms with van der Waals surface area (Å²) < 4.78 is 6.37. The van der Waals surface area contributed by atoms with E-state index in [1.165, 1.54) is 12.8 Å². The van der Waals surface area contributed by atoms with E-state index in [-0.39, 0.29) is 12.5 Å². The lowest BCUT2D eigenvalue weighted by atomic mass is 9.94. The Morgan fingerprint density at radius 1 is 1.53 bits per heavy atom. The minimum Gasteiger partial charge on any atom is -0.496 e. The van der Waals surface area contributed by atoms with E-state index in [0.29, 0.717) is 5.92 Å². The van der Waals surface area contributed by atoms with E-state index in [1.54, 1.807) is 7.11 Å². The fourth-order valence-corrected chi connectivity index (χ4v) is 2.37. The molecular formula is C12H15BrO2. The SMILES string of the molecule is COc1ccc(Br)cc1C(CO)C1CC1. The van der Waals surface area contributed by atoms with Crippen LogP contribution in [0.15, 0.2) is 22.7 Å². The minimum absolute atomic E-state index is 0.206. The van der Waals surface area contributed by atoms with E-state index in [2.05, 4.69) is 22.0 Å². The van der Waals surface area contributed by atoms with Crippen molar-refractivity contribution in [3.8, 4) is 5.75 Å². The fraction of sp³-hybridized carbons (Fsp3) is 0.500. The van der Waals surface area contributed by atoms with Crippen LogP contribution in [0.1, 0.15) is 24.3 Å².